The third kappa shape index (κ3) is 4.97. The number of aromatic nitrogens is 2. The van der Waals surface area contributed by atoms with Crippen LogP contribution in [-0.2, 0) is 13.0 Å². The second kappa shape index (κ2) is 8.93. The zero-order chi connectivity index (χ0) is 14.7. The number of nitrogens with two attached hydrogens (primary N) is 1. The van der Waals surface area contributed by atoms with Crippen LogP contribution in [0.3, 0.4) is 0 Å². The van der Waals surface area contributed by atoms with Gasteiger partial charge in [-0.05, 0) is 18.1 Å². The molecule has 0 aliphatic carbocycles. The van der Waals surface area contributed by atoms with Gasteiger partial charge < -0.3 is 10.8 Å². The van der Waals surface area contributed by atoms with E-state index in [4.69, 9.17) is 5.73 Å². The van der Waals surface area contributed by atoms with E-state index in [1.165, 1.54) is 0 Å². The molecule has 0 aliphatic heterocycles. The van der Waals surface area contributed by atoms with Crippen molar-refractivity contribution in [2.75, 3.05) is 0 Å². The topological polar surface area (TPSA) is 64.1 Å². The fourth-order valence-corrected chi connectivity index (χ4v) is 2.46. The van der Waals surface area contributed by atoms with E-state index in [0.717, 1.165) is 16.5 Å². The molecule has 2 atom stereocenters. The largest absolute Gasteiger partial charge is 0.390 e. The molecule has 0 aliphatic rings. The molecule has 6 heteroatoms. The van der Waals surface area contributed by atoms with Crippen molar-refractivity contribution in [3.8, 4) is 0 Å². The maximum atomic E-state index is 10.3. The first kappa shape index (κ1) is 19.5. The van der Waals surface area contributed by atoms with Gasteiger partial charge in [0.1, 0.15) is 0 Å². The zero-order valence-corrected chi connectivity index (χ0v) is 14.5. The molecule has 3 rings (SSSR count). The molecule has 1 heterocycles. The van der Waals surface area contributed by atoms with Crippen LogP contribution in [0.25, 0.3) is 10.9 Å². The third-order valence-corrected chi connectivity index (χ3v) is 3.64. The Balaban J connectivity index is 0.00000132. The highest BCUT2D eigenvalue weighted by molar-refractivity contribution is 7.59. The molecule has 0 saturated carbocycles. The number of rotatable bonds is 5. The molecule has 4 nitrogen and oxygen atoms in total. The van der Waals surface area contributed by atoms with Crippen molar-refractivity contribution in [1.29, 1.82) is 0 Å². The van der Waals surface area contributed by atoms with Crippen LogP contribution >= 0.6 is 25.9 Å². The summed E-state index contributed by atoms with van der Waals surface area (Å²) in [5.41, 5.74) is 8.17. The van der Waals surface area contributed by atoms with E-state index < -0.39 is 6.10 Å². The lowest BCUT2D eigenvalue weighted by molar-refractivity contribution is 0.121. The van der Waals surface area contributed by atoms with Gasteiger partial charge >= 0.3 is 0 Å². The summed E-state index contributed by atoms with van der Waals surface area (Å²) in [6.07, 6.45) is 1.97. The van der Waals surface area contributed by atoms with Gasteiger partial charge in [-0.1, -0.05) is 48.5 Å². The number of hydrogen-bond acceptors (Lipinski definition) is 3. The molecule has 0 fully saturated rings. The summed E-state index contributed by atoms with van der Waals surface area (Å²) in [4.78, 5) is 0. The van der Waals surface area contributed by atoms with Gasteiger partial charge in [-0.3, -0.25) is 4.68 Å². The van der Waals surface area contributed by atoms with Crippen molar-refractivity contribution >= 4 is 36.8 Å². The van der Waals surface area contributed by atoms with E-state index >= 15 is 0 Å². The van der Waals surface area contributed by atoms with Crippen molar-refractivity contribution < 1.29 is 5.11 Å². The molecule has 0 radical (unpaired) electrons. The van der Waals surface area contributed by atoms with E-state index in [2.05, 4.69) is 5.10 Å². The molecule has 2 aromatic carbocycles. The third-order valence-electron chi connectivity index (χ3n) is 3.64. The van der Waals surface area contributed by atoms with Gasteiger partial charge in [-0.2, -0.15) is 18.6 Å². The summed E-state index contributed by atoms with van der Waals surface area (Å²) in [5.74, 6) is 0. The molecule has 3 aromatic rings. The summed E-state index contributed by atoms with van der Waals surface area (Å²) in [6, 6.07) is 17.6. The average molecular weight is 352 g/mol. The van der Waals surface area contributed by atoms with Crippen molar-refractivity contribution in [1.82, 2.24) is 9.78 Å². The number of aliphatic hydroxyl groups is 1. The second-order valence-corrected chi connectivity index (χ2v) is 5.33. The minimum absolute atomic E-state index is 0. The molecule has 23 heavy (non-hydrogen) atoms. The summed E-state index contributed by atoms with van der Waals surface area (Å²) in [5, 5.41) is 15.8. The summed E-state index contributed by atoms with van der Waals surface area (Å²) in [7, 11) is 0. The Kier molecular flexibility index (Phi) is 7.58. The average Bonchev–Trinajstić information content (AvgIpc) is 2.90. The van der Waals surface area contributed by atoms with E-state index in [1.54, 1.807) is 4.68 Å². The van der Waals surface area contributed by atoms with Crippen LogP contribution in [0.5, 0.6) is 0 Å². The normalized spacial score (nSPS) is 13.0. The van der Waals surface area contributed by atoms with Crippen LogP contribution in [0.2, 0.25) is 0 Å². The number of halogens is 1. The van der Waals surface area contributed by atoms with Gasteiger partial charge in [0.2, 0.25) is 0 Å². The Labute approximate surface area is 149 Å². The minimum atomic E-state index is -0.625. The second-order valence-electron chi connectivity index (χ2n) is 5.33. The van der Waals surface area contributed by atoms with E-state index in [1.807, 2.05) is 60.8 Å². The van der Waals surface area contributed by atoms with Gasteiger partial charge in [-0.25, -0.2) is 0 Å². The number of aliphatic hydroxyl groups excluding tert-OH is 1. The Morgan fingerprint density at radius 1 is 1.04 bits per heavy atom. The lowest BCUT2D eigenvalue weighted by Crippen LogP contribution is -2.39. The highest BCUT2D eigenvalue weighted by Gasteiger charge is 2.16. The Bertz CT molecular complexity index is 687. The Morgan fingerprint density at radius 2 is 1.70 bits per heavy atom. The smallest absolute Gasteiger partial charge is 0.0923 e. The summed E-state index contributed by atoms with van der Waals surface area (Å²) >= 11 is 0. The lowest BCUT2D eigenvalue weighted by Gasteiger charge is -2.18. The minimum Gasteiger partial charge on any atom is -0.390 e. The quantitative estimate of drug-likeness (QED) is 0.742. The molecule has 124 valence electrons. The predicted molar refractivity (Wildman–Crippen MR) is 101 cm³/mol. The van der Waals surface area contributed by atoms with Crippen molar-refractivity contribution in [2.24, 2.45) is 5.73 Å². The molecule has 1 aromatic heterocycles. The van der Waals surface area contributed by atoms with Crippen LogP contribution in [0.15, 0.2) is 60.8 Å². The van der Waals surface area contributed by atoms with Crippen LogP contribution in [0, 0.1) is 0 Å². The maximum absolute atomic E-state index is 10.3. The zero-order valence-electron chi connectivity index (χ0n) is 12.7. The summed E-state index contributed by atoms with van der Waals surface area (Å²) in [6.45, 7) is 0.405. The van der Waals surface area contributed by atoms with Gasteiger partial charge in [-0.15, -0.1) is 12.4 Å². The Hall–Kier alpha value is -1.53. The summed E-state index contributed by atoms with van der Waals surface area (Å²) < 4.78 is 1.76. The van der Waals surface area contributed by atoms with Crippen LogP contribution in [0.4, 0.5) is 0 Å². The number of hydrogen-bond donors (Lipinski definition) is 2. The van der Waals surface area contributed by atoms with Crippen molar-refractivity contribution in [3.05, 3.63) is 66.4 Å². The maximum Gasteiger partial charge on any atom is 0.0923 e. The number of fused-ring (bicyclic) bond motifs is 1. The van der Waals surface area contributed by atoms with E-state index in [9.17, 15) is 5.11 Å². The lowest BCUT2D eigenvalue weighted by atomic mass is 10.0. The molecular weight excluding hydrogens is 330 g/mol. The van der Waals surface area contributed by atoms with Crippen molar-refractivity contribution in [2.45, 2.75) is 25.1 Å². The molecule has 0 spiro atoms. The highest BCUT2D eigenvalue weighted by Crippen LogP contribution is 2.12. The van der Waals surface area contributed by atoms with Crippen LogP contribution in [-0.4, -0.2) is 27.0 Å². The first-order valence-corrected chi connectivity index (χ1v) is 7.12. The van der Waals surface area contributed by atoms with Gasteiger partial charge in [0.15, 0.2) is 0 Å². The molecule has 0 bridgehead atoms. The van der Waals surface area contributed by atoms with Gasteiger partial charge in [0, 0.05) is 17.6 Å². The van der Waals surface area contributed by atoms with E-state index in [0.29, 0.717) is 13.0 Å². The molecule has 0 unspecified atom stereocenters. The number of benzene rings is 2. The van der Waals surface area contributed by atoms with Gasteiger partial charge in [0.25, 0.3) is 0 Å². The fourth-order valence-electron chi connectivity index (χ4n) is 2.46. The molecular formula is C17H22ClN3OS. The molecule has 0 amide bonds. The molecule has 3 N–H and O–H groups in total. The first-order valence-electron chi connectivity index (χ1n) is 7.12. The van der Waals surface area contributed by atoms with Gasteiger partial charge in [0.05, 0.1) is 18.2 Å². The first-order chi connectivity index (χ1) is 10.2. The fraction of sp³-hybridized carbons (Fsp3) is 0.235. The van der Waals surface area contributed by atoms with Crippen molar-refractivity contribution in [3.63, 3.8) is 0 Å². The van der Waals surface area contributed by atoms with E-state index in [-0.39, 0.29) is 31.9 Å². The van der Waals surface area contributed by atoms with Crippen LogP contribution < -0.4 is 5.73 Å². The van der Waals surface area contributed by atoms with Crippen LogP contribution in [0.1, 0.15) is 5.56 Å². The predicted octanol–water partition coefficient (Wildman–Crippen LogP) is 2.50. The monoisotopic (exact) mass is 351 g/mol. The highest BCUT2D eigenvalue weighted by atomic mass is 35.5. The SMILES string of the molecule is Cl.N[C@H](Cc1ccccc1)[C@@H](O)Cn1cc2ccccc2n1.S. The number of nitrogens with zero attached hydrogens (tertiary/aromatic N) is 2. The Morgan fingerprint density at radius 3 is 2.39 bits per heavy atom. The molecule has 0 saturated heterocycles. The standard InChI is InChI=1S/C17H19N3O.ClH.H2S/c18-15(10-13-6-2-1-3-7-13)17(21)12-20-11-14-8-4-5-9-16(14)19-20;;/h1-9,11,15,17,21H,10,12,18H2;1H;1H2/t15-,17+;;/m1../s1.